The average Bonchev–Trinajstić information content (AvgIpc) is 3.59. The molecule has 2 aliphatic rings. The second-order valence-electron chi connectivity index (χ2n) is 7.97. The van der Waals surface area contributed by atoms with E-state index >= 15 is 0 Å². The largest absolute Gasteiger partial charge is 0.478 e. The summed E-state index contributed by atoms with van der Waals surface area (Å²) < 4.78 is 0. The number of hydrogen-bond donors (Lipinski definition) is 3. The van der Waals surface area contributed by atoms with Gasteiger partial charge in [0.1, 0.15) is 0 Å². The van der Waals surface area contributed by atoms with Gasteiger partial charge in [-0.25, -0.2) is 14.8 Å². The first kappa shape index (κ1) is 21.4. The third kappa shape index (κ3) is 4.14. The number of halogens is 1. The van der Waals surface area contributed by atoms with Crippen molar-refractivity contribution < 1.29 is 9.90 Å². The minimum Gasteiger partial charge on any atom is -0.478 e. The number of H-pyrrole nitrogens is 2. The van der Waals surface area contributed by atoms with Crippen LogP contribution in [0.5, 0.6) is 0 Å². The van der Waals surface area contributed by atoms with E-state index in [2.05, 4.69) is 9.97 Å². The number of carboxylic acid groups (broad SMARTS) is 1. The van der Waals surface area contributed by atoms with Gasteiger partial charge in [-0.2, -0.15) is 0 Å². The standard InChI is InChI=1S/C27H18N4O2.ClH/c32-27(33)17-3-1-16(2-4-17)25-14-24-13-22-8-7-20(29-22)11-18-5-6-19(28-18)12-21-9-10-23(30-21)15-26(25)31-24;/h1-15,28,31H,(H,32,33);1H. The molecule has 5 heterocycles. The molecule has 0 amide bonds. The normalized spacial score (nSPS) is 11.9. The lowest BCUT2D eigenvalue weighted by molar-refractivity contribution is 0.0697. The summed E-state index contributed by atoms with van der Waals surface area (Å²) in [5.74, 6) is -0.942. The van der Waals surface area contributed by atoms with Crippen LogP contribution in [-0.2, 0) is 0 Å². The Morgan fingerprint density at radius 1 is 0.647 bits per heavy atom. The molecule has 0 radical (unpaired) electrons. The van der Waals surface area contributed by atoms with Crippen LogP contribution in [-0.4, -0.2) is 31.0 Å². The first-order chi connectivity index (χ1) is 16.1. The van der Waals surface area contributed by atoms with E-state index in [4.69, 9.17) is 9.97 Å². The Bertz CT molecular complexity index is 1640. The Hall–Kier alpha value is -4.42. The molecular weight excluding hydrogens is 448 g/mol. The van der Waals surface area contributed by atoms with Gasteiger partial charge in [-0.3, -0.25) is 0 Å². The van der Waals surface area contributed by atoms with Crippen molar-refractivity contribution in [2.24, 2.45) is 0 Å². The van der Waals surface area contributed by atoms with E-state index in [9.17, 15) is 9.90 Å². The molecule has 0 saturated heterocycles. The SMILES string of the molecule is Cl.O=C(O)c1ccc(-c2cc3cc4nc(cc5ccc(cc6nc(cc2[nH]3)C=C6)[nH]5)C=C4)cc1. The second kappa shape index (κ2) is 8.50. The lowest BCUT2D eigenvalue weighted by atomic mass is 10.0. The molecule has 2 aliphatic heterocycles. The molecule has 34 heavy (non-hydrogen) atoms. The van der Waals surface area contributed by atoms with Gasteiger partial charge in [0, 0.05) is 27.6 Å². The van der Waals surface area contributed by atoms with Crippen LogP contribution in [0.3, 0.4) is 0 Å². The molecule has 4 aromatic rings. The smallest absolute Gasteiger partial charge is 0.335 e. The van der Waals surface area contributed by atoms with Crippen molar-refractivity contribution in [1.82, 2.24) is 19.9 Å². The maximum Gasteiger partial charge on any atom is 0.335 e. The van der Waals surface area contributed by atoms with Crippen LogP contribution in [0.2, 0.25) is 0 Å². The number of aromatic carboxylic acids is 1. The van der Waals surface area contributed by atoms with Gasteiger partial charge in [0.05, 0.1) is 28.3 Å². The number of aromatic amines is 2. The summed E-state index contributed by atoms with van der Waals surface area (Å²) in [4.78, 5) is 27.5. The summed E-state index contributed by atoms with van der Waals surface area (Å²) in [6, 6.07) is 21.0. The zero-order chi connectivity index (χ0) is 22.4. The summed E-state index contributed by atoms with van der Waals surface area (Å²) in [6.45, 7) is 0. The lowest BCUT2D eigenvalue weighted by Gasteiger charge is -2.00. The molecule has 6 rings (SSSR count). The number of aromatic nitrogens is 4. The molecule has 6 nitrogen and oxygen atoms in total. The molecule has 0 unspecified atom stereocenters. The van der Waals surface area contributed by atoms with Gasteiger partial charge in [-0.15, -0.1) is 12.4 Å². The monoisotopic (exact) mass is 466 g/mol. The molecule has 0 aliphatic carbocycles. The first-order valence-corrected chi connectivity index (χ1v) is 10.5. The maximum absolute atomic E-state index is 11.2. The van der Waals surface area contributed by atoms with Crippen LogP contribution in [0.1, 0.15) is 33.1 Å². The van der Waals surface area contributed by atoms with Crippen LogP contribution in [0.15, 0.2) is 66.7 Å². The Balaban J connectivity index is 0.00000241. The number of carboxylic acids is 1. The summed E-state index contributed by atoms with van der Waals surface area (Å²) >= 11 is 0. The number of rotatable bonds is 2. The van der Waals surface area contributed by atoms with Gasteiger partial charge in [0.15, 0.2) is 0 Å². The zero-order valence-corrected chi connectivity index (χ0v) is 18.6. The van der Waals surface area contributed by atoms with Crippen molar-refractivity contribution in [1.29, 1.82) is 0 Å². The fourth-order valence-electron chi connectivity index (χ4n) is 4.05. The van der Waals surface area contributed by atoms with E-state index in [1.54, 1.807) is 12.1 Å². The topological polar surface area (TPSA) is 94.7 Å². The minimum atomic E-state index is -0.942. The number of hydrogen-bond acceptors (Lipinski definition) is 3. The predicted octanol–water partition coefficient (Wildman–Crippen LogP) is 6.44. The zero-order valence-electron chi connectivity index (χ0n) is 17.8. The van der Waals surface area contributed by atoms with Crippen LogP contribution in [0.25, 0.3) is 57.5 Å². The fourth-order valence-corrected chi connectivity index (χ4v) is 4.05. The highest BCUT2D eigenvalue weighted by Gasteiger charge is 2.09. The molecule has 0 fully saturated rings. The van der Waals surface area contributed by atoms with Gasteiger partial charge in [0.2, 0.25) is 0 Å². The molecule has 0 atom stereocenters. The number of nitrogens with zero attached hydrogens (tertiary/aromatic N) is 2. The van der Waals surface area contributed by atoms with Crippen molar-refractivity contribution in [3.05, 3.63) is 95.1 Å². The molecule has 0 saturated carbocycles. The fraction of sp³-hybridized carbons (Fsp3) is 0. The van der Waals surface area contributed by atoms with Gasteiger partial charge >= 0.3 is 5.97 Å². The second-order valence-corrected chi connectivity index (χ2v) is 7.97. The Morgan fingerprint density at radius 3 is 1.74 bits per heavy atom. The first-order valence-electron chi connectivity index (χ1n) is 10.5. The Kier molecular flexibility index (Phi) is 5.36. The quantitative estimate of drug-likeness (QED) is 0.273. The Labute approximate surface area is 200 Å². The third-order valence-corrected chi connectivity index (χ3v) is 5.61. The van der Waals surface area contributed by atoms with Gasteiger partial charge in [-0.1, -0.05) is 12.1 Å². The molecule has 8 bridgehead atoms. The molecule has 1 aromatic carbocycles. The molecule has 0 spiro atoms. The lowest BCUT2D eigenvalue weighted by Crippen LogP contribution is -1.94. The van der Waals surface area contributed by atoms with Crippen LogP contribution < -0.4 is 0 Å². The summed E-state index contributed by atoms with van der Waals surface area (Å²) in [6.07, 6.45) is 7.93. The molecule has 3 N–H and O–H groups in total. The molecular formula is C27H19ClN4O2. The van der Waals surface area contributed by atoms with Gasteiger partial charge in [0.25, 0.3) is 0 Å². The van der Waals surface area contributed by atoms with Crippen LogP contribution in [0.4, 0.5) is 0 Å². The van der Waals surface area contributed by atoms with Crippen molar-refractivity contribution in [3.63, 3.8) is 0 Å². The van der Waals surface area contributed by atoms with E-state index < -0.39 is 5.97 Å². The van der Waals surface area contributed by atoms with E-state index in [-0.39, 0.29) is 18.0 Å². The highest BCUT2D eigenvalue weighted by atomic mass is 35.5. The van der Waals surface area contributed by atoms with E-state index in [0.717, 1.165) is 56.0 Å². The summed E-state index contributed by atoms with van der Waals surface area (Å²) in [5, 5.41) is 9.23. The predicted molar refractivity (Wildman–Crippen MR) is 139 cm³/mol. The van der Waals surface area contributed by atoms with E-state index in [1.807, 2.05) is 78.9 Å². The van der Waals surface area contributed by atoms with Gasteiger partial charge in [-0.05, 0) is 84.5 Å². The molecule has 3 aromatic heterocycles. The Morgan fingerprint density at radius 2 is 1.18 bits per heavy atom. The summed E-state index contributed by atoms with van der Waals surface area (Å²) in [5.41, 5.74) is 9.29. The third-order valence-electron chi connectivity index (χ3n) is 5.61. The highest BCUT2D eigenvalue weighted by molar-refractivity contribution is 5.91. The molecule has 7 heteroatoms. The van der Waals surface area contributed by atoms with Crippen molar-refractivity contribution in [3.8, 4) is 11.1 Å². The molecule has 166 valence electrons. The maximum atomic E-state index is 11.2. The number of benzene rings is 1. The average molecular weight is 467 g/mol. The number of nitrogens with one attached hydrogen (secondary N) is 2. The van der Waals surface area contributed by atoms with Crippen LogP contribution in [0, 0.1) is 0 Å². The highest BCUT2D eigenvalue weighted by Crippen LogP contribution is 2.28. The number of carbonyl (C=O) groups is 1. The van der Waals surface area contributed by atoms with Gasteiger partial charge < -0.3 is 15.1 Å². The van der Waals surface area contributed by atoms with Crippen LogP contribution >= 0.6 is 12.4 Å². The van der Waals surface area contributed by atoms with E-state index in [0.29, 0.717) is 0 Å². The van der Waals surface area contributed by atoms with E-state index in [1.165, 1.54) is 0 Å². The summed E-state index contributed by atoms with van der Waals surface area (Å²) in [7, 11) is 0. The number of fused-ring (bicyclic) bond motifs is 8. The van der Waals surface area contributed by atoms with Crippen molar-refractivity contribution in [2.75, 3.05) is 0 Å². The minimum absolute atomic E-state index is 0. The van der Waals surface area contributed by atoms with Crippen molar-refractivity contribution in [2.45, 2.75) is 0 Å². The van der Waals surface area contributed by atoms with Crippen molar-refractivity contribution >= 4 is 64.7 Å².